The SMILES string of the molecule is C1CCC(N2CCCC2C2CCCN2)CC1. The Kier molecular flexibility index (Phi) is 3.49. The average Bonchev–Trinajstić information content (AvgIpc) is 3.01. The Hall–Kier alpha value is -0.0800. The molecule has 0 spiro atoms. The first-order valence-electron chi connectivity index (χ1n) is 7.44. The highest BCUT2D eigenvalue weighted by Gasteiger charge is 2.36. The van der Waals surface area contributed by atoms with Crippen LogP contribution in [0.4, 0.5) is 0 Å². The number of nitrogens with zero attached hydrogens (tertiary/aromatic N) is 1. The van der Waals surface area contributed by atoms with E-state index in [2.05, 4.69) is 10.2 Å². The van der Waals surface area contributed by atoms with E-state index in [1.165, 1.54) is 70.9 Å². The molecule has 2 nitrogen and oxygen atoms in total. The zero-order valence-corrected chi connectivity index (χ0v) is 10.5. The van der Waals surface area contributed by atoms with Gasteiger partial charge in [-0.05, 0) is 51.6 Å². The van der Waals surface area contributed by atoms with Gasteiger partial charge < -0.3 is 5.32 Å². The average molecular weight is 222 g/mol. The van der Waals surface area contributed by atoms with Crippen LogP contribution in [-0.4, -0.2) is 36.1 Å². The van der Waals surface area contributed by atoms with Crippen LogP contribution in [0.3, 0.4) is 0 Å². The van der Waals surface area contributed by atoms with Gasteiger partial charge in [0.05, 0.1) is 0 Å². The Labute approximate surface area is 99.8 Å². The summed E-state index contributed by atoms with van der Waals surface area (Å²) >= 11 is 0. The Bertz CT molecular complexity index is 217. The van der Waals surface area contributed by atoms with E-state index in [0.29, 0.717) is 0 Å². The van der Waals surface area contributed by atoms with E-state index >= 15 is 0 Å². The van der Waals surface area contributed by atoms with Gasteiger partial charge in [-0.3, -0.25) is 4.90 Å². The van der Waals surface area contributed by atoms with Gasteiger partial charge >= 0.3 is 0 Å². The van der Waals surface area contributed by atoms with E-state index in [0.717, 1.165) is 18.1 Å². The summed E-state index contributed by atoms with van der Waals surface area (Å²) in [6, 6.07) is 2.64. The zero-order valence-electron chi connectivity index (χ0n) is 10.5. The lowest BCUT2D eigenvalue weighted by Crippen LogP contribution is -2.48. The predicted molar refractivity (Wildman–Crippen MR) is 67.6 cm³/mol. The third-order valence-corrected chi connectivity index (χ3v) is 4.95. The molecule has 0 aromatic heterocycles. The summed E-state index contributed by atoms with van der Waals surface area (Å²) in [6.07, 6.45) is 13.1. The van der Waals surface area contributed by atoms with E-state index in [1.807, 2.05) is 0 Å². The maximum absolute atomic E-state index is 3.73. The minimum absolute atomic E-state index is 0.824. The maximum atomic E-state index is 3.73. The van der Waals surface area contributed by atoms with Crippen LogP contribution in [0.2, 0.25) is 0 Å². The van der Waals surface area contributed by atoms with E-state index < -0.39 is 0 Å². The Morgan fingerprint density at radius 1 is 0.812 bits per heavy atom. The fourth-order valence-electron chi connectivity index (χ4n) is 4.15. The molecule has 3 rings (SSSR count). The monoisotopic (exact) mass is 222 g/mol. The van der Waals surface area contributed by atoms with Gasteiger partial charge in [-0.1, -0.05) is 19.3 Å². The fourth-order valence-corrected chi connectivity index (χ4v) is 4.15. The number of hydrogen-bond donors (Lipinski definition) is 1. The van der Waals surface area contributed by atoms with Gasteiger partial charge in [-0.25, -0.2) is 0 Å². The van der Waals surface area contributed by atoms with Crippen molar-refractivity contribution in [1.82, 2.24) is 10.2 Å². The van der Waals surface area contributed by atoms with Crippen molar-refractivity contribution in [2.45, 2.75) is 75.9 Å². The molecule has 1 N–H and O–H groups in total. The second-order valence-electron chi connectivity index (χ2n) is 5.94. The lowest BCUT2D eigenvalue weighted by atomic mass is 9.92. The summed E-state index contributed by atoms with van der Waals surface area (Å²) in [4.78, 5) is 2.88. The first kappa shape index (κ1) is 11.0. The normalized spacial score (nSPS) is 38.2. The van der Waals surface area contributed by atoms with Gasteiger partial charge in [0, 0.05) is 18.1 Å². The van der Waals surface area contributed by atoms with E-state index in [-0.39, 0.29) is 0 Å². The quantitative estimate of drug-likeness (QED) is 0.772. The molecule has 92 valence electrons. The van der Waals surface area contributed by atoms with Gasteiger partial charge in [0.1, 0.15) is 0 Å². The standard InChI is InChI=1S/C14H26N2/c1-2-6-12(7-3-1)16-11-5-9-14(16)13-8-4-10-15-13/h12-15H,1-11H2. The van der Waals surface area contributed by atoms with Crippen LogP contribution < -0.4 is 5.32 Å². The van der Waals surface area contributed by atoms with Crippen LogP contribution in [0.15, 0.2) is 0 Å². The number of nitrogens with one attached hydrogen (secondary N) is 1. The highest BCUT2D eigenvalue weighted by atomic mass is 15.2. The van der Waals surface area contributed by atoms with E-state index in [1.54, 1.807) is 0 Å². The van der Waals surface area contributed by atoms with Crippen molar-refractivity contribution in [3.8, 4) is 0 Å². The summed E-state index contributed by atoms with van der Waals surface area (Å²) in [5.74, 6) is 0. The van der Waals surface area contributed by atoms with Crippen LogP contribution >= 0.6 is 0 Å². The molecule has 2 heteroatoms. The molecule has 1 saturated carbocycles. The minimum atomic E-state index is 0.824. The first-order chi connectivity index (χ1) is 7.95. The van der Waals surface area contributed by atoms with Crippen molar-refractivity contribution in [2.24, 2.45) is 0 Å². The van der Waals surface area contributed by atoms with Crippen molar-refractivity contribution in [2.75, 3.05) is 13.1 Å². The van der Waals surface area contributed by atoms with E-state index in [4.69, 9.17) is 0 Å². The van der Waals surface area contributed by atoms with Gasteiger partial charge in [-0.15, -0.1) is 0 Å². The van der Waals surface area contributed by atoms with Crippen LogP contribution in [0, 0.1) is 0 Å². The van der Waals surface area contributed by atoms with Crippen molar-refractivity contribution in [3.05, 3.63) is 0 Å². The molecule has 0 bridgehead atoms. The maximum Gasteiger partial charge on any atom is 0.0252 e. The number of hydrogen-bond acceptors (Lipinski definition) is 2. The van der Waals surface area contributed by atoms with E-state index in [9.17, 15) is 0 Å². The molecule has 2 unspecified atom stereocenters. The summed E-state index contributed by atoms with van der Waals surface area (Å²) in [6.45, 7) is 2.65. The molecule has 2 heterocycles. The van der Waals surface area contributed by atoms with Gasteiger partial charge in [0.15, 0.2) is 0 Å². The first-order valence-corrected chi connectivity index (χ1v) is 7.44. The highest BCUT2D eigenvalue weighted by molar-refractivity contribution is 4.95. The molecular weight excluding hydrogens is 196 g/mol. The molecule has 2 saturated heterocycles. The predicted octanol–water partition coefficient (Wildman–Crippen LogP) is 2.54. The zero-order chi connectivity index (χ0) is 10.8. The molecule has 0 aromatic rings. The van der Waals surface area contributed by atoms with Crippen molar-refractivity contribution < 1.29 is 0 Å². The molecule has 0 amide bonds. The fraction of sp³-hybridized carbons (Fsp3) is 1.00. The molecule has 2 atom stereocenters. The minimum Gasteiger partial charge on any atom is -0.312 e. The summed E-state index contributed by atoms with van der Waals surface area (Å²) in [7, 11) is 0. The van der Waals surface area contributed by atoms with Crippen LogP contribution in [0.1, 0.15) is 57.8 Å². The Balaban J connectivity index is 1.63. The largest absolute Gasteiger partial charge is 0.312 e. The molecule has 3 fully saturated rings. The van der Waals surface area contributed by atoms with Crippen molar-refractivity contribution >= 4 is 0 Å². The third kappa shape index (κ3) is 2.14. The second-order valence-corrected chi connectivity index (χ2v) is 5.94. The molecule has 2 aliphatic heterocycles. The third-order valence-electron chi connectivity index (χ3n) is 4.95. The van der Waals surface area contributed by atoms with Crippen molar-refractivity contribution in [1.29, 1.82) is 0 Å². The molecule has 16 heavy (non-hydrogen) atoms. The lowest BCUT2D eigenvalue weighted by Gasteiger charge is -2.38. The van der Waals surface area contributed by atoms with Crippen LogP contribution in [0.5, 0.6) is 0 Å². The number of rotatable bonds is 2. The van der Waals surface area contributed by atoms with Crippen LogP contribution in [-0.2, 0) is 0 Å². The van der Waals surface area contributed by atoms with Crippen molar-refractivity contribution in [3.63, 3.8) is 0 Å². The molecule has 3 aliphatic rings. The molecular formula is C14H26N2. The lowest BCUT2D eigenvalue weighted by molar-refractivity contribution is 0.122. The summed E-state index contributed by atoms with van der Waals surface area (Å²) < 4.78 is 0. The molecule has 1 aliphatic carbocycles. The van der Waals surface area contributed by atoms with Gasteiger partial charge in [0.2, 0.25) is 0 Å². The van der Waals surface area contributed by atoms with Gasteiger partial charge in [-0.2, -0.15) is 0 Å². The topological polar surface area (TPSA) is 15.3 Å². The summed E-state index contributed by atoms with van der Waals surface area (Å²) in [5.41, 5.74) is 0. The Morgan fingerprint density at radius 3 is 2.44 bits per heavy atom. The molecule has 0 radical (unpaired) electrons. The highest BCUT2D eigenvalue weighted by Crippen LogP contribution is 2.32. The summed E-state index contributed by atoms with van der Waals surface area (Å²) in [5, 5.41) is 3.73. The Morgan fingerprint density at radius 2 is 1.69 bits per heavy atom. The molecule has 0 aromatic carbocycles. The number of likely N-dealkylation sites (tertiary alicyclic amines) is 1. The smallest absolute Gasteiger partial charge is 0.0252 e. The second kappa shape index (κ2) is 5.05. The van der Waals surface area contributed by atoms with Crippen LogP contribution in [0.25, 0.3) is 0 Å². The van der Waals surface area contributed by atoms with Gasteiger partial charge in [0.25, 0.3) is 0 Å².